The first-order chi connectivity index (χ1) is 9.63. The molecule has 2 unspecified atom stereocenters. The molecule has 1 saturated carbocycles. The number of aliphatic hydroxyl groups excluding tert-OH is 1. The Morgan fingerprint density at radius 1 is 1.50 bits per heavy atom. The molecule has 2 N–H and O–H groups in total. The molecule has 0 saturated heterocycles. The Labute approximate surface area is 117 Å². The second kappa shape index (κ2) is 6.67. The zero-order valence-electron chi connectivity index (χ0n) is 11.5. The van der Waals surface area contributed by atoms with Crippen LogP contribution in [-0.4, -0.2) is 29.3 Å². The summed E-state index contributed by atoms with van der Waals surface area (Å²) < 4.78 is 5.37. The molecule has 0 amide bonds. The van der Waals surface area contributed by atoms with Crippen molar-refractivity contribution in [2.45, 2.75) is 44.4 Å². The van der Waals surface area contributed by atoms with Gasteiger partial charge in [-0.15, -0.1) is 0 Å². The molecule has 0 radical (unpaired) electrons. The summed E-state index contributed by atoms with van der Waals surface area (Å²) in [6, 6.07) is 4.82. The second-order valence-electron chi connectivity index (χ2n) is 5.13. The topological polar surface area (TPSA) is 84.6 Å². The van der Waals surface area contributed by atoms with Crippen LogP contribution in [0.4, 0.5) is 11.4 Å². The molecule has 1 aromatic rings. The molecule has 0 heterocycles. The highest BCUT2D eigenvalue weighted by Gasteiger charge is 2.24. The molecule has 1 fully saturated rings. The van der Waals surface area contributed by atoms with Gasteiger partial charge in [-0.3, -0.25) is 10.1 Å². The van der Waals surface area contributed by atoms with Crippen LogP contribution in [0.2, 0.25) is 0 Å². The van der Waals surface area contributed by atoms with Crippen molar-refractivity contribution in [3.63, 3.8) is 0 Å². The van der Waals surface area contributed by atoms with E-state index in [1.165, 1.54) is 6.07 Å². The van der Waals surface area contributed by atoms with E-state index in [-0.39, 0.29) is 24.4 Å². The van der Waals surface area contributed by atoms with Gasteiger partial charge in [0.15, 0.2) is 0 Å². The normalized spacial score (nSPS) is 22.5. The summed E-state index contributed by atoms with van der Waals surface area (Å²) in [4.78, 5) is 10.7. The van der Waals surface area contributed by atoms with E-state index < -0.39 is 4.92 Å². The first-order valence-corrected chi connectivity index (χ1v) is 6.81. The Kier molecular flexibility index (Phi) is 4.92. The summed E-state index contributed by atoms with van der Waals surface area (Å²) in [6.07, 6.45) is 4.11. The van der Waals surface area contributed by atoms with Crippen molar-refractivity contribution in [3.8, 4) is 0 Å². The number of hydrogen-bond acceptors (Lipinski definition) is 5. The van der Waals surface area contributed by atoms with Crippen LogP contribution in [0.1, 0.15) is 31.2 Å². The fourth-order valence-corrected chi connectivity index (χ4v) is 2.67. The van der Waals surface area contributed by atoms with Crippen molar-refractivity contribution < 1.29 is 14.8 Å². The number of benzene rings is 1. The summed E-state index contributed by atoms with van der Waals surface area (Å²) in [5.41, 5.74) is 1.18. The van der Waals surface area contributed by atoms with Crippen LogP contribution in [0.3, 0.4) is 0 Å². The van der Waals surface area contributed by atoms with Crippen LogP contribution < -0.4 is 5.32 Å². The number of aliphatic hydroxyl groups is 1. The van der Waals surface area contributed by atoms with Crippen LogP contribution in [0.5, 0.6) is 0 Å². The van der Waals surface area contributed by atoms with Crippen LogP contribution in [-0.2, 0) is 11.3 Å². The number of nitro groups is 1. The lowest BCUT2D eigenvalue weighted by molar-refractivity contribution is -0.384. The fourth-order valence-electron chi connectivity index (χ4n) is 2.67. The highest BCUT2D eigenvalue weighted by Crippen LogP contribution is 2.30. The molecule has 1 aliphatic rings. The minimum absolute atomic E-state index is 0.0433. The first-order valence-electron chi connectivity index (χ1n) is 6.81. The van der Waals surface area contributed by atoms with Crippen molar-refractivity contribution in [2.75, 3.05) is 12.4 Å². The minimum Gasteiger partial charge on any atom is -0.392 e. The predicted octanol–water partition coefficient (Wildman–Crippen LogP) is 2.46. The van der Waals surface area contributed by atoms with Gasteiger partial charge in [-0.1, -0.05) is 0 Å². The van der Waals surface area contributed by atoms with Crippen molar-refractivity contribution in [2.24, 2.45) is 0 Å². The molecule has 0 bridgehead atoms. The van der Waals surface area contributed by atoms with E-state index in [1.807, 2.05) is 0 Å². The molecule has 6 nitrogen and oxygen atoms in total. The van der Waals surface area contributed by atoms with E-state index in [2.05, 4.69) is 5.32 Å². The maximum atomic E-state index is 11.1. The third kappa shape index (κ3) is 3.46. The maximum Gasteiger partial charge on any atom is 0.292 e. The van der Waals surface area contributed by atoms with Gasteiger partial charge in [0.25, 0.3) is 5.69 Å². The van der Waals surface area contributed by atoms with E-state index in [4.69, 9.17) is 9.84 Å². The van der Waals surface area contributed by atoms with Gasteiger partial charge in [0, 0.05) is 19.2 Å². The van der Waals surface area contributed by atoms with Gasteiger partial charge in [-0.25, -0.2) is 0 Å². The Bertz CT molecular complexity index is 478. The number of ether oxygens (including phenoxy) is 1. The van der Waals surface area contributed by atoms with Crippen molar-refractivity contribution in [3.05, 3.63) is 33.9 Å². The van der Waals surface area contributed by atoms with Crippen LogP contribution >= 0.6 is 0 Å². The molecule has 1 aliphatic carbocycles. The van der Waals surface area contributed by atoms with Gasteiger partial charge in [-0.05, 0) is 43.4 Å². The minimum atomic E-state index is -0.403. The lowest BCUT2D eigenvalue weighted by Gasteiger charge is -2.29. The number of nitrogens with one attached hydrogen (secondary N) is 1. The lowest BCUT2D eigenvalue weighted by Crippen LogP contribution is -2.31. The van der Waals surface area contributed by atoms with Gasteiger partial charge < -0.3 is 15.2 Å². The molecule has 1 aromatic carbocycles. The van der Waals surface area contributed by atoms with E-state index in [1.54, 1.807) is 19.2 Å². The van der Waals surface area contributed by atoms with E-state index in [9.17, 15) is 10.1 Å². The quantitative estimate of drug-likeness (QED) is 0.639. The number of anilines is 1. The fraction of sp³-hybridized carbons (Fsp3) is 0.571. The molecule has 0 aromatic heterocycles. The summed E-state index contributed by atoms with van der Waals surface area (Å²) >= 11 is 0. The molecule has 2 rings (SSSR count). The third-order valence-electron chi connectivity index (χ3n) is 3.76. The van der Waals surface area contributed by atoms with E-state index in [0.717, 1.165) is 25.7 Å². The van der Waals surface area contributed by atoms with Gasteiger partial charge in [0.1, 0.15) is 5.69 Å². The Hall–Kier alpha value is -1.66. The van der Waals surface area contributed by atoms with Gasteiger partial charge in [-0.2, -0.15) is 0 Å². The highest BCUT2D eigenvalue weighted by atomic mass is 16.6. The Balaban J connectivity index is 2.16. The molecule has 0 spiro atoms. The van der Waals surface area contributed by atoms with Crippen LogP contribution in [0, 0.1) is 10.1 Å². The monoisotopic (exact) mass is 280 g/mol. The van der Waals surface area contributed by atoms with E-state index in [0.29, 0.717) is 11.3 Å². The SMILES string of the molecule is COC1CCCC(Nc2cc(CO)ccc2[N+](=O)[O-])C1. The summed E-state index contributed by atoms with van der Waals surface area (Å²) in [7, 11) is 1.70. The van der Waals surface area contributed by atoms with E-state index >= 15 is 0 Å². The molecule has 20 heavy (non-hydrogen) atoms. The number of rotatable bonds is 5. The lowest BCUT2D eigenvalue weighted by atomic mass is 9.92. The molecule has 2 atom stereocenters. The molecule has 6 heteroatoms. The molecular weight excluding hydrogens is 260 g/mol. The largest absolute Gasteiger partial charge is 0.392 e. The highest BCUT2D eigenvalue weighted by molar-refractivity contribution is 5.63. The predicted molar refractivity (Wildman–Crippen MR) is 75.7 cm³/mol. The standard InChI is InChI=1S/C14H20N2O4/c1-20-12-4-2-3-11(8-12)15-13-7-10(9-17)5-6-14(13)16(18)19/h5-7,11-12,15,17H,2-4,8-9H2,1H3. The molecular formula is C14H20N2O4. The number of nitro benzene ring substituents is 1. The summed E-state index contributed by atoms with van der Waals surface area (Å²) in [5.74, 6) is 0. The van der Waals surface area contributed by atoms with Gasteiger partial charge >= 0.3 is 0 Å². The molecule has 0 aliphatic heterocycles. The zero-order valence-corrected chi connectivity index (χ0v) is 11.5. The summed E-state index contributed by atoms with van der Waals surface area (Å²) in [6.45, 7) is -0.127. The number of hydrogen-bond donors (Lipinski definition) is 2. The average Bonchev–Trinajstić information content (AvgIpc) is 2.47. The van der Waals surface area contributed by atoms with Crippen LogP contribution in [0.25, 0.3) is 0 Å². The smallest absolute Gasteiger partial charge is 0.292 e. The average molecular weight is 280 g/mol. The first kappa shape index (κ1) is 14.7. The number of methoxy groups -OCH3 is 1. The zero-order chi connectivity index (χ0) is 14.5. The number of nitrogens with zero attached hydrogens (tertiary/aromatic N) is 1. The third-order valence-corrected chi connectivity index (χ3v) is 3.76. The second-order valence-corrected chi connectivity index (χ2v) is 5.13. The summed E-state index contributed by atoms with van der Waals surface area (Å²) in [5, 5.41) is 23.5. The van der Waals surface area contributed by atoms with Crippen molar-refractivity contribution >= 4 is 11.4 Å². The maximum absolute atomic E-state index is 11.1. The van der Waals surface area contributed by atoms with Crippen LogP contribution in [0.15, 0.2) is 18.2 Å². The Morgan fingerprint density at radius 3 is 2.95 bits per heavy atom. The van der Waals surface area contributed by atoms with Gasteiger partial charge in [0.2, 0.25) is 0 Å². The van der Waals surface area contributed by atoms with Crippen molar-refractivity contribution in [1.29, 1.82) is 0 Å². The Morgan fingerprint density at radius 2 is 2.30 bits per heavy atom. The van der Waals surface area contributed by atoms with Gasteiger partial charge in [0.05, 0.1) is 17.6 Å². The van der Waals surface area contributed by atoms with Crippen molar-refractivity contribution in [1.82, 2.24) is 0 Å². The molecule has 110 valence electrons.